The van der Waals surface area contributed by atoms with E-state index in [0.717, 1.165) is 30.9 Å². The van der Waals surface area contributed by atoms with Crippen molar-refractivity contribution in [2.24, 2.45) is 0 Å². The molecule has 1 fully saturated rings. The highest BCUT2D eigenvalue weighted by atomic mass is 16.2. The molecule has 1 saturated heterocycles. The van der Waals surface area contributed by atoms with Gasteiger partial charge in [0.15, 0.2) is 0 Å². The van der Waals surface area contributed by atoms with Crippen molar-refractivity contribution in [3.05, 3.63) is 77.5 Å². The molecule has 2 heterocycles. The SMILES string of the molecule is CCN1CCN(C(=O)c2cnn(-c3ccccc3)c2NC(=O)c2ccccc2C)CC1. The molecule has 3 aromatic rings. The minimum absolute atomic E-state index is 0.113. The van der Waals surface area contributed by atoms with Crippen LogP contribution in [0.25, 0.3) is 5.69 Å². The van der Waals surface area contributed by atoms with E-state index in [1.165, 1.54) is 0 Å². The number of nitrogens with one attached hydrogen (secondary N) is 1. The average molecular weight is 418 g/mol. The second-order valence-electron chi connectivity index (χ2n) is 7.65. The van der Waals surface area contributed by atoms with Crippen LogP contribution in [0.5, 0.6) is 0 Å². The molecule has 7 heteroatoms. The van der Waals surface area contributed by atoms with Gasteiger partial charge in [0.05, 0.1) is 11.9 Å². The van der Waals surface area contributed by atoms with Crippen molar-refractivity contribution in [3.63, 3.8) is 0 Å². The van der Waals surface area contributed by atoms with Gasteiger partial charge in [-0.1, -0.05) is 43.3 Å². The molecule has 160 valence electrons. The predicted octanol–water partition coefficient (Wildman–Crippen LogP) is 3.21. The number of anilines is 1. The first-order valence-corrected chi connectivity index (χ1v) is 10.6. The Labute approximate surface area is 182 Å². The van der Waals surface area contributed by atoms with E-state index in [1.54, 1.807) is 16.9 Å². The number of benzene rings is 2. The van der Waals surface area contributed by atoms with Crippen LogP contribution in [-0.2, 0) is 0 Å². The molecular formula is C24H27N5O2. The van der Waals surface area contributed by atoms with E-state index in [0.29, 0.717) is 30.0 Å². The molecule has 7 nitrogen and oxygen atoms in total. The van der Waals surface area contributed by atoms with Crippen molar-refractivity contribution in [2.75, 3.05) is 38.0 Å². The summed E-state index contributed by atoms with van der Waals surface area (Å²) < 4.78 is 1.62. The van der Waals surface area contributed by atoms with Gasteiger partial charge in [-0.2, -0.15) is 5.10 Å². The molecule has 0 spiro atoms. The van der Waals surface area contributed by atoms with E-state index in [2.05, 4.69) is 22.2 Å². The van der Waals surface area contributed by atoms with E-state index in [4.69, 9.17) is 0 Å². The number of para-hydroxylation sites is 1. The maximum absolute atomic E-state index is 13.3. The van der Waals surface area contributed by atoms with Gasteiger partial charge >= 0.3 is 0 Å². The van der Waals surface area contributed by atoms with Crippen molar-refractivity contribution in [1.29, 1.82) is 0 Å². The van der Waals surface area contributed by atoms with Crippen LogP contribution < -0.4 is 5.32 Å². The lowest BCUT2D eigenvalue weighted by Crippen LogP contribution is -2.48. The molecule has 0 radical (unpaired) electrons. The Morgan fingerprint density at radius 2 is 1.61 bits per heavy atom. The fourth-order valence-electron chi connectivity index (χ4n) is 3.83. The third-order valence-electron chi connectivity index (χ3n) is 5.73. The van der Waals surface area contributed by atoms with Crippen LogP contribution in [-0.4, -0.2) is 64.1 Å². The number of carbonyl (C=O) groups excluding carboxylic acids is 2. The Balaban J connectivity index is 1.68. The standard InChI is InChI=1S/C24H27N5O2/c1-3-27-13-15-28(16-14-27)24(31)21-17-25-29(19-10-5-4-6-11-19)22(21)26-23(30)20-12-8-7-9-18(20)2/h4-12,17H,3,13-16H2,1-2H3,(H,26,30). The van der Waals surface area contributed by atoms with Crippen LogP contribution >= 0.6 is 0 Å². The number of rotatable bonds is 5. The van der Waals surface area contributed by atoms with Crippen molar-refractivity contribution in [2.45, 2.75) is 13.8 Å². The lowest BCUT2D eigenvalue weighted by atomic mass is 10.1. The van der Waals surface area contributed by atoms with E-state index in [1.807, 2.05) is 60.4 Å². The first-order valence-electron chi connectivity index (χ1n) is 10.6. The summed E-state index contributed by atoms with van der Waals surface area (Å²) in [5, 5.41) is 7.40. The molecule has 0 bridgehead atoms. The smallest absolute Gasteiger partial charge is 0.259 e. The topological polar surface area (TPSA) is 70.5 Å². The van der Waals surface area contributed by atoms with Gasteiger partial charge in [0.2, 0.25) is 0 Å². The third-order valence-corrected chi connectivity index (χ3v) is 5.73. The van der Waals surface area contributed by atoms with Gasteiger partial charge in [-0.25, -0.2) is 4.68 Å². The maximum atomic E-state index is 13.3. The number of hydrogen-bond acceptors (Lipinski definition) is 4. The van der Waals surface area contributed by atoms with Crippen molar-refractivity contribution >= 4 is 17.6 Å². The second-order valence-corrected chi connectivity index (χ2v) is 7.65. The minimum atomic E-state index is -0.263. The summed E-state index contributed by atoms with van der Waals surface area (Å²) in [5.41, 5.74) is 2.61. The van der Waals surface area contributed by atoms with Crippen molar-refractivity contribution in [1.82, 2.24) is 19.6 Å². The molecule has 2 amide bonds. The molecule has 1 N–H and O–H groups in total. The quantitative estimate of drug-likeness (QED) is 0.692. The van der Waals surface area contributed by atoms with Crippen LogP contribution in [0.4, 0.5) is 5.82 Å². The van der Waals surface area contributed by atoms with Crippen molar-refractivity contribution in [3.8, 4) is 5.69 Å². The summed E-state index contributed by atoms with van der Waals surface area (Å²) >= 11 is 0. The largest absolute Gasteiger partial charge is 0.336 e. The van der Waals surface area contributed by atoms with Crippen LogP contribution in [0.15, 0.2) is 60.8 Å². The van der Waals surface area contributed by atoms with Gasteiger partial charge < -0.3 is 15.1 Å². The summed E-state index contributed by atoms with van der Waals surface area (Å²) in [7, 11) is 0. The summed E-state index contributed by atoms with van der Waals surface area (Å²) in [4.78, 5) is 30.6. The number of carbonyl (C=O) groups is 2. The molecular weight excluding hydrogens is 390 g/mol. The Kier molecular flexibility index (Phi) is 6.13. The van der Waals surface area contributed by atoms with Gasteiger partial charge in [-0.15, -0.1) is 0 Å². The zero-order valence-corrected chi connectivity index (χ0v) is 17.9. The van der Waals surface area contributed by atoms with Gasteiger partial charge in [0, 0.05) is 31.7 Å². The lowest BCUT2D eigenvalue weighted by molar-refractivity contribution is 0.0644. The first kappa shape index (κ1) is 20.8. The molecule has 0 atom stereocenters. The molecule has 0 unspecified atom stereocenters. The molecule has 1 aromatic heterocycles. The van der Waals surface area contributed by atoms with Crippen LogP contribution in [0, 0.1) is 6.92 Å². The van der Waals surface area contributed by atoms with E-state index in [9.17, 15) is 9.59 Å². The normalized spacial score (nSPS) is 14.5. The molecule has 1 aliphatic rings. The van der Waals surface area contributed by atoms with E-state index < -0.39 is 0 Å². The van der Waals surface area contributed by atoms with Crippen LogP contribution in [0.2, 0.25) is 0 Å². The monoisotopic (exact) mass is 417 g/mol. The van der Waals surface area contributed by atoms with Gasteiger partial charge in [-0.3, -0.25) is 9.59 Å². The molecule has 1 aliphatic heterocycles. The Bertz CT molecular complexity index is 1070. The number of aryl methyl sites for hydroxylation is 1. The molecule has 4 rings (SSSR count). The zero-order chi connectivity index (χ0) is 21.8. The molecule has 0 aliphatic carbocycles. The van der Waals surface area contributed by atoms with Crippen LogP contribution in [0.1, 0.15) is 33.2 Å². The fourth-order valence-corrected chi connectivity index (χ4v) is 3.83. The number of amides is 2. The number of hydrogen-bond donors (Lipinski definition) is 1. The zero-order valence-electron chi connectivity index (χ0n) is 17.9. The Morgan fingerprint density at radius 1 is 0.935 bits per heavy atom. The molecule has 2 aromatic carbocycles. The highest BCUT2D eigenvalue weighted by molar-refractivity contribution is 6.09. The first-order chi connectivity index (χ1) is 15.1. The fraction of sp³-hybridized carbons (Fsp3) is 0.292. The number of likely N-dealkylation sites (N-methyl/N-ethyl adjacent to an activating group) is 1. The summed E-state index contributed by atoms with van der Waals surface area (Å²) in [5.74, 6) is 0.0148. The minimum Gasteiger partial charge on any atom is -0.336 e. The second kappa shape index (κ2) is 9.14. The van der Waals surface area contributed by atoms with Crippen molar-refractivity contribution < 1.29 is 9.59 Å². The molecule has 0 saturated carbocycles. The number of nitrogens with zero attached hydrogens (tertiary/aromatic N) is 4. The highest BCUT2D eigenvalue weighted by Crippen LogP contribution is 2.24. The maximum Gasteiger partial charge on any atom is 0.259 e. The van der Waals surface area contributed by atoms with Crippen LogP contribution in [0.3, 0.4) is 0 Å². The third kappa shape index (κ3) is 4.36. The van der Waals surface area contributed by atoms with Gasteiger partial charge in [0.25, 0.3) is 11.8 Å². The van der Waals surface area contributed by atoms with E-state index >= 15 is 0 Å². The Hall–Kier alpha value is -3.45. The number of piperazine rings is 1. The molecule has 31 heavy (non-hydrogen) atoms. The number of aromatic nitrogens is 2. The highest BCUT2D eigenvalue weighted by Gasteiger charge is 2.27. The summed E-state index contributed by atoms with van der Waals surface area (Å²) in [6, 6.07) is 16.9. The predicted molar refractivity (Wildman–Crippen MR) is 121 cm³/mol. The van der Waals surface area contributed by atoms with Gasteiger partial charge in [-0.05, 0) is 37.2 Å². The lowest BCUT2D eigenvalue weighted by Gasteiger charge is -2.34. The summed E-state index contributed by atoms with van der Waals surface area (Å²) in [6.07, 6.45) is 1.55. The van der Waals surface area contributed by atoms with Gasteiger partial charge in [0.1, 0.15) is 11.4 Å². The van der Waals surface area contributed by atoms with E-state index in [-0.39, 0.29) is 11.8 Å². The average Bonchev–Trinajstić information content (AvgIpc) is 3.22. The Morgan fingerprint density at radius 3 is 2.29 bits per heavy atom. The summed E-state index contributed by atoms with van der Waals surface area (Å²) in [6.45, 7) is 8.01.